The topological polar surface area (TPSA) is 64.2 Å². The number of benzene rings is 1. The molecule has 2 aromatic rings. The third kappa shape index (κ3) is 3.42. The molecule has 0 bridgehead atoms. The smallest absolute Gasteiger partial charge is 0.251 e. The second-order valence-corrected chi connectivity index (χ2v) is 3.98. The van der Waals surface area contributed by atoms with Crippen molar-refractivity contribution in [3.8, 4) is 17.1 Å². The first-order valence-electron chi connectivity index (χ1n) is 6.05. The maximum absolute atomic E-state index is 11.6. The van der Waals surface area contributed by atoms with Crippen LogP contribution in [-0.4, -0.2) is 23.7 Å². The van der Waals surface area contributed by atoms with Crippen LogP contribution in [0.25, 0.3) is 11.4 Å². The lowest BCUT2D eigenvalue weighted by molar-refractivity contribution is 0.181. The van der Waals surface area contributed by atoms with Crippen LogP contribution in [0.1, 0.15) is 12.6 Å². The summed E-state index contributed by atoms with van der Waals surface area (Å²) in [6, 6.07) is 8.85. The van der Waals surface area contributed by atoms with Crippen LogP contribution in [0.15, 0.2) is 35.1 Å². The highest BCUT2D eigenvalue weighted by Gasteiger charge is 2.04. The number of nitrogens with one attached hydrogen (secondary N) is 1. The van der Waals surface area contributed by atoms with Gasteiger partial charge in [0.2, 0.25) is 0 Å². The summed E-state index contributed by atoms with van der Waals surface area (Å²) in [5.74, 6) is 1.32. The molecule has 1 heterocycles. The Bertz CT molecular complexity index is 590. The van der Waals surface area contributed by atoms with Crippen LogP contribution < -0.4 is 10.3 Å². The van der Waals surface area contributed by atoms with Gasteiger partial charge in [-0.3, -0.25) is 4.79 Å². The molecule has 5 nitrogen and oxygen atoms in total. The van der Waals surface area contributed by atoms with Crippen molar-refractivity contribution in [1.82, 2.24) is 9.97 Å². The zero-order valence-electron chi connectivity index (χ0n) is 11.0. The third-order valence-electron chi connectivity index (χ3n) is 2.53. The van der Waals surface area contributed by atoms with Gasteiger partial charge in [0.25, 0.3) is 5.56 Å². The fourth-order valence-corrected chi connectivity index (χ4v) is 1.74. The molecule has 1 N–H and O–H groups in total. The molecule has 0 unspecified atom stereocenters. The molecule has 0 aliphatic rings. The zero-order valence-corrected chi connectivity index (χ0v) is 11.0. The number of aromatic nitrogens is 2. The van der Waals surface area contributed by atoms with Crippen molar-refractivity contribution in [2.24, 2.45) is 0 Å². The highest BCUT2D eigenvalue weighted by Crippen LogP contribution is 2.18. The van der Waals surface area contributed by atoms with Crippen LogP contribution in [0, 0.1) is 0 Å². The van der Waals surface area contributed by atoms with E-state index in [-0.39, 0.29) is 5.56 Å². The molecule has 0 radical (unpaired) electrons. The van der Waals surface area contributed by atoms with Crippen molar-refractivity contribution in [3.05, 3.63) is 46.4 Å². The Kier molecular flexibility index (Phi) is 4.30. The average molecular weight is 260 g/mol. The van der Waals surface area contributed by atoms with E-state index in [4.69, 9.17) is 9.47 Å². The van der Waals surface area contributed by atoms with Crippen LogP contribution in [0.2, 0.25) is 0 Å². The van der Waals surface area contributed by atoms with Crippen molar-refractivity contribution in [2.45, 2.75) is 13.5 Å². The van der Waals surface area contributed by atoms with Gasteiger partial charge in [-0.25, -0.2) is 4.98 Å². The highest BCUT2D eigenvalue weighted by atomic mass is 16.5. The van der Waals surface area contributed by atoms with Gasteiger partial charge in [0.15, 0.2) is 0 Å². The maximum Gasteiger partial charge on any atom is 0.251 e. The molecule has 1 aromatic heterocycles. The number of methoxy groups -OCH3 is 1. The lowest BCUT2D eigenvalue weighted by atomic mass is 10.2. The molecule has 2 rings (SSSR count). The summed E-state index contributed by atoms with van der Waals surface area (Å²) >= 11 is 0. The van der Waals surface area contributed by atoms with E-state index in [1.54, 1.807) is 7.11 Å². The van der Waals surface area contributed by atoms with Gasteiger partial charge in [0.05, 0.1) is 18.9 Å². The molecule has 0 saturated carbocycles. The van der Waals surface area contributed by atoms with E-state index in [0.717, 1.165) is 11.3 Å². The molecule has 19 heavy (non-hydrogen) atoms. The summed E-state index contributed by atoms with van der Waals surface area (Å²) in [7, 11) is 1.57. The van der Waals surface area contributed by atoms with E-state index in [0.29, 0.717) is 24.7 Å². The van der Waals surface area contributed by atoms with Gasteiger partial charge in [-0.2, -0.15) is 0 Å². The summed E-state index contributed by atoms with van der Waals surface area (Å²) in [5, 5.41) is 0. The van der Waals surface area contributed by atoms with Gasteiger partial charge in [-0.1, -0.05) is 0 Å². The molecule has 0 amide bonds. The second kappa shape index (κ2) is 6.15. The van der Waals surface area contributed by atoms with E-state index in [1.165, 1.54) is 6.07 Å². The standard InChI is InChI=1S/C14H16N2O3/c1-3-19-12-6-4-10(5-7-12)14-15-11(9-18-2)8-13(17)16-14/h4-8H,3,9H2,1-2H3,(H,15,16,17). The summed E-state index contributed by atoms with van der Waals surface area (Å²) in [6.07, 6.45) is 0. The predicted molar refractivity (Wildman–Crippen MR) is 72.2 cm³/mol. The molecule has 100 valence electrons. The monoisotopic (exact) mass is 260 g/mol. The number of hydrogen-bond donors (Lipinski definition) is 1. The quantitative estimate of drug-likeness (QED) is 0.892. The molecular formula is C14H16N2O3. The van der Waals surface area contributed by atoms with E-state index in [1.807, 2.05) is 31.2 Å². The Morgan fingerprint density at radius 1 is 1.26 bits per heavy atom. The second-order valence-electron chi connectivity index (χ2n) is 3.98. The highest BCUT2D eigenvalue weighted by molar-refractivity contribution is 5.56. The average Bonchev–Trinajstić information content (AvgIpc) is 2.40. The minimum atomic E-state index is -0.189. The van der Waals surface area contributed by atoms with E-state index < -0.39 is 0 Å². The van der Waals surface area contributed by atoms with Crippen LogP contribution in [0.5, 0.6) is 5.75 Å². The molecule has 0 aliphatic heterocycles. The molecule has 0 atom stereocenters. The lowest BCUT2D eigenvalue weighted by Crippen LogP contribution is -2.10. The first-order chi connectivity index (χ1) is 9.22. The van der Waals surface area contributed by atoms with Gasteiger partial charge in [0, 0.05) is 18.7 Å². The largest absolute Gasteiger partial charge is 0.494 e. The first kappa shape index (κ1) is 13.3. The molecule has 0 fully saturated rings. The predicted octanol–water partition coefficient (Wildman–Crippen LogP) is 1.98. The Labute approximate surface area is 111 Å². The van der Waals surface area contributed by atoms with Crippen molar-refractivity contribution < 1.29 is 9.47 Å². The van der Waals surface area contributed by atoms with Crippen LogP contribution in [0.3, 0.4) is 0 Å². The molecule has 5 heteroatoms. The van der Waals surface area contributed by atoms with Crippen molar-refractivity contribution in [2.75, 3.05) is 13.7 Å². The van der Waals surface area contributed by atoms with Crippen LogP contribution in [0.4, 0.5) is 0 Å². The summed E-state index contributed by atoms with van der Waals surface area (Å²) < 4.78 is 10.4. The van der Waals surface area contributed by atoms with Gasteiger partial charge in [-0.05, 0) is 31.2 Å². The lowest BCUT2D eigenvalue weighted by Gasteiger charge is -2.06. The molecule has 0 spiro atoms. The number of H-pyrrole nitrogens is 1. The minimum Gasteiger partial charge on any atom is -0.494 e. The Morgan fingerprint density at radius 3 is 2.63 bits per heavy atom. The van der Waals surface area contributed by atoms with Gasteiger partial charge >= 0.3 is 0 Å². The molecule has 0 saturated heterocycles. The summed E-state index contributed by atoms with van der Waals surface area (Å²) in [5.41, 5.74) is 1.25. The molecular weight excluding hydrogens is 244 g/mol. The van der Waals surface area contributed by atoms with Crippen molar-refractivity contribution >= 4 is 0 Å². The van der Waals surface area contributed by atoms with E-state index in [9.17, 15) is 4.79 Å². The number of ether oxygens (including phenoxy) is 2. The van der Waals surface area contributed by atoms with Crippen molar-refractivity contribution in [1.29, 1.82) is 0 Å². The fraction of sp³-hybridized carbons (Fsp3) is 0.286. The Hall–Kier alpha value is -2.14. The molecule has 0 aliphatic carbocycles. The SMILES string of the molecule is CCOc1ccc(-c2nc(COC)cc(=O)[nH]2)cc1. The maximum atomic E-state index is 11.6. The van der Waals surface area contributed by atoms with Crippen LogP contribution >= 0.6 is 0 Å². The fourth-order valence-electron chi connectivity index (χ4n) is 1.74. The summed E-state index contributed by atoms with van der Waals surface area (Å²) in [4.78, 5) is 18.6. The molecule has 1 aromatic carbocycles. The Morgan fingerprint density at radius 2 is 2.00 bits per heavy atom. The van der Waals surface area contributed by atoms with Gasteiger partial charge in [-0.15, -0.1) is 0 Å². The number of aromatic amines is 1. The van der Waals surface area contributed by atoms with Gasteiger partial charge in [0.1, 0.15) is 11.6 Å². The van der Waals surface area contributed by atoms with Gasteiger partial charge < -0.3 is 14.5 Å². The first-order valence-corrected chi connectivity index (χ1v) is 6.05. The van der Waals surface area contributed by atoms with Crippen LogP contribution in [-0.2, 0) is 11.3 Å². The van der Waals surface area contributed by atoms with E-state index in [2.05, 4.69) is 9.97 Å². The number of nitrogens with zero attached hydrogens (tertiary/aromatic N) is 1. The van der Waals surface area contributed by atoms with E-state index >= 15 is 0 Å². The normalized spacial score (nSPS) is 10.4. The summed E-state index contributed by atoms with van der Waals surface area (Å²) in [6.45, 7) is 2.87. The number of rotatable bonds is 5. The van der Waals surface area contributed by atoms with Crippen molar-refractivity contribution in [3.63, 3.8) is 0 Å². The third-order valence-corrected chi connectivity index (χ3v) is 2.53. The minimum absolute atomic E-state index is 0.189. The zero-order chi connectivity index (χ0) is 13.7. The Balaban J connectivity index is 2.32. The number of hydrogen-bond acceptors (Lipinski definition) is 4.